The predicted molar refractivity (Wildman–Crippen MR) is 92.7 cm³/mol. The van der Waals surface area contributed by atoms with Crippen molar-refractivity contribution in [2.24, 2.45) is 4.99 Å². The van der Waals surface area contributed by atoms with Gasteiger partial charge in [-0.1, -0.05) is 6.07 Å². The quantitative estimate of drug-likeness (QED) is 0.363. The summed E-state index contributed by atoms with van der Waals surface area (Å²) in [5.74, 6) is 1.18. The number of pyridine rings is 1. The first-order chi connectivity index (χ1) is 11.2. The molecule has 0 saturated heterocycles. The number of ether oxygens (including phenoxy) is 1. The van der Waals surface area contributed by atoms with Crippen LogP contribution in [-0.2, 0) is 9.53 Å². The van der Waals surface area contributed by atoms with Gasteiger partial charge in [-0.3, -0.25) is 9.79 Å². The zero-order chi connectivity index (χ0) is 16.9. The first kappa shape index (κ1) is 18.9. The summed E-state index contributed by atoms with van der Waals surface area (Å²) in [6.45, 7) is 6.61. The molecule has 0 radical (unpaired) electrons. The van der Waals surface area contributed by atoms with Crippen molar-refractivity contribution >= 4 is 17.7 Å². The molecule has 1 heterocycles. The zero-order valence-electron chi connectivity index (χ0n) is 14.2. The monoisotopic (exact) mass is 321 g/mol. The Morgan fingerprint density at radius 1 is 1.30 bits per heavy atom. The number of aliphatic imine (C=N–C) groups is 1. The van der Waals surface area contributed by atoms with E-state index in [9.17, 15) is 4.79 Å². The third-order valence-corrected chi connectivity index (χ3v) is 2.99. The van der Waals surface area contributed by atoms with E-state index in [1.54, 1.807) is 13.1 Å². The van der Waals surface area contributed by atoms with Crippen molar-refractivity contribution in [1.82, 2.24) is 15.6 Å². The molecule has 7 heteroatoms. The summed E-state index contributed by atoms with van der Waals surface area (Å²) in [6.07, 6.45) is 1.25. The first-order valence-electron chi connectivity index (χ1n) is 7.91. The fourth-order valence-electron chi connectivity index (χ4n) is 1.86. The maximum Gasteiger partial charge on any atom is 0.227 e. The lowest BCUT2D eigenvalue weighted by Gasteiger charge is -2.11. The molecule has 3 N–H and O–H groups in total. The lowest BCUT2D eigenvalue weighted by atomic mass is 10.3. The molecule has 0 aliphatic rings. The van der Waals surface area contributed by atoms with E-state index < -0.39 is 0 Å². The van der Waals surface area contributed by atoms with Gasteiger partial charge in [0.05, 0.1) is 0 Å². The molecule has 0 fully saturated rings. The van der Waals surface area contributed by atoms with Crippen LogP contribution in [0.15, 0.2) is 23.2 Å². The number of carbonyl (C=O) groups is 1. The fraction of sp³-hybridized carbons (Fsp3) is 0.562. The highest BCUT2D eigenvalue weighted by Crippen LogP contribution is 2.03. The number of rotatable bonds is 9. The molecule has 23 heavy (non-hydrogen) atoms. The van der Waals surface area contributed by atoms with E-state index in [2.05, 4.69) is 25.9 Å². The van der Waals surface area contributed by atoms with Crippen LogP contribution in [0.25, 0.3) is 0 Å². The number of aromatic nitrogens is 1. The topological polar surface area (TPSA) is 87.6 Å². The van der Waals surface area contributed by atoms with Crippen LogP contribution in [0.4, 0.5) is 5.82 Å². The second kappa shape index (κ2) is 11.4. The van der Waals surface area contributed by atoms with E-state index in [1.807, 2.05) is 26.0 Å². The second-order valence-corrected chi connectivity index (χ2v) is 4.94. The van der Waals surface area contributed by atoms with Crippen LogP contribution >= 0.6 is 0 Å². The molecule has 7 nitrogen and oxygen atoms in total. The average Bonchev–Trinajstić information content (AvgIpc) is 2.53. The zero-order valence-corrected chi connectivity index (χ0v) is 14.2. The lowest BCUT2D eigenvalue weighted by molar-refractivity contribution is -0.116. The van der Waals surface area contributed by atoms with Crippen molar-refractivity contribution < 1.29 is 9.53 Å². The summed E-state index contributed by atoms with van der Waals surface area (Å²) in [5, 5.41) is 9.05. The lowest BCUT2D eigenvalue weighted by Crippen LogP contribution is -2.39. The standard InChI is InChI=1S/C16H27N5O2/c1-4-23-12-6-10-18-16(17-3)19-11-9-15(22)21-14-8-5-7-13(2)20-14/h5,7-8H,4,6,9-12H2,1-3H3,(H2,17,18,19)(H,20,21,22). The third-order valence-electron chi connectivity index (χ3n) is 2.99. The van der Waals surface area contributed by atoms with E-state index in [0.29, 0.717) is 24.7 Å². The summed E-state index contributed by atoms with van der Waals surface area (Å²) in [4.78, 5) is 20.2. The van der Waals surface area contributed by atoms with Gasteiger partial charge in [-0.25, -0.2) is 4.98 Å². The molecule has 1 aromatic heterocycles. The van der Waals surface area contributed by atoms with Crippen molar-refractivity contribution in [3.8, 4) is 0 Å². The molecular weight excluding hydrogens is 294 g/mol. The third kappa shape index (κ3) is 8.77. The number of carbonyl (C=O) groups excluding carboxylic acids is 1. The number of guanidine groups is 1. The van der Waals surface area contributed by atoms with Crippen LogP contribution in [0.2, 0.25) is 0 Å². The minimum Gasteiger partial charge on any atom is -0.382 e. The molecule has 0 atom stereocenters. The predicted octanol–water partition coefficient (Wildman–Crippen LogP) is 1.31. The molecule has 0 spiro atoms. The van der Waals surface area contributed by atoms with E-state index in [4.69, 9.17) is 4.74 Å². The summed E-state index contributed by atoms with van der Waals surface area (Å²) in [7, 11) is 1.70. The van der Waals surface area contributed by atoms with E-state index in [0.717, 1.165) is 31.9 Å². The fourth-order valence-corrected chi connectivity index (χ4v) is 1.86. The summed E-state index contributed by atoms with van der Waals surface area (Å²) in [6, 6.07) is 5.53. The summed E-state index contributed by atoms with van der Waals surface area (Å²) in [5.41, 5.74) is 0.873. The van der Waals surface area contributed by atoms with Crippen molar-refractivity contribution in [2.45, 2.75) is 26.7 Å². The van der Waals surface area contributed by atoms with Gasteiger partial charge in [0, 0.05) is 45.5 Å². The van der Waals surface area contributed by atoms with Gasteiger partial charge in [0.15, 0.2) is 5.96 Å². The van der Waals surface area contributed by atoms with E-state index in [-0.39, 0.29) is 5.91 Å². The van der Waals surface area contributed by atoms with Crippen molar-refractivity contribution in [3.63, 3.8) is 0 Å². The van der Waals surface area contributed by atoms with Gasteiger partial charge in [0.2, 0.25) is 5.91 Å². The van der Waals surface area contributed by atoms with Gasteiger partial charge in [-0.05, 0) is 32.4 Å². The Balaban J connectivity index is 2.19. The highest BCUT2D eigenvalue weighted by Gasteiger charge is 2.04. The number of nitrogens with zero attached hydrogens (tertiary/aromatic N) is 2. The van der Waals surface area contributed by atoms with Crippen LogP contribution in [0.1, 0.15) is 25.5 Å². The van der Waals surface area contributed by atoms with Crippen molar-refractivity contribution in [3.05, 3.63) is 23.9 Å². The van der Waals surface area contributed by atoms with Gasteiger partial charge in [0.1, 0.15) is 5.82 Å². The van der Waals surface area contributed by atoms with Crippen LogP contribution in [0, 0.1) is 6.92 Å². The second-order valence-electron chi connectivity index (χ2n) is 4.94. The summed E-state index contributed by atoms with van der Waals surface area (Å²) < 4.78 is 5.27. The van der Waals surface area contributed by atoms with Crippen molar-refractivity contribution in [2.75, 3.05) is 38.7 Å². The number of aryl methyl sites for hydroxylation is 1. The molecule has 0 bridgehead atoms. The molecule has 0 unspecified atom stereocenters. The maximum atomic E-state index is 11.9. The normalized spacial score (nSPS) is 11.2. The largest absolute Gasteiger partial charge is 0.382 e. The van der Waals surface area contributed by atoms with Gasteiger partial charge in [0.25, 0.3) is 0 Å². The molecule has 0 aromatic carbocycles. The first-order valence-corrected chi connectivity index (χ1v) is 7.91. The Labute approximate surface area is 137 Å². The van der Waals surface area contributed by atoms with Crippen molar-refractivity contribution in [1.29, 1.82) is 0 Å². The Morgan fingerprint density at radius 2 is 2.09 bits per heavy atom. The Bertz CT molecular complexity index is 505. The Hall–Kier alpha value is -2.15. The molecule has 0 saturated carbocycles. The SMILES string of the molecule is CCOCCCNC(=NC)NCCC(=O)Nc1cccc(C)n1. The average molecular weight is 321 g/mol. The number of hydrogen-bond donors (Lipinski definition) is 3. The van der Waals surface area contributed by atoms with E-state index in [1.165, 1.54) is 0 Å². The molecule has 0 aliphatic heterocycles. The highest BCUT2D eigenvalue weighted by atomic mass is 16.5. The molecular formula is C16H27N5O2. The van der Waals surface area contributed by atoms with Crippen LogP contribution < -0.4 is 16.0 Å². The van der Waals surface area contributed by atoms with Crippen LogP contribution in [0.5, 0.6) is 0 Å². The van der Waals surface area contributed by atoms with Gasteiger partial charge in [-0.2, -0.15) is 0 Å². The maximum absolute atomic E-state index is 11.9. The van der Waals surface area contributed by atoms with E-state index >= 15 is 0 Å². The van der Waals surface area contributed by atoms with Gasteiger partial charge < -0.3 is 20.7 Å². The number of amides is 1. The molecule has 0 aliphatic carbocycles. The molecule has 128 valence electrons. The number of hydrogen-bond acceptors (Lipinski definition) is 4. The number of anilines is 1. The summed E-state index contributed by atoms with van der Waals surface area (Å²) >= 11 is 0. The molecule has 1 aromatic rings. The highest BCUT2D eigenvalue weighted by molar-refractivity contribution is 5.90. The van der Waals surface area contributed by atoms with Crippen LogP contribution in [-0.4, -0.2) is 50.2 Å². The minimum absolute atomic E-state index is 0.0811. The Morgan fingerprint density at radius 3 is 2.78 bits per heavy atom. The molecule has 1 rings (SSSR count). The van der Waals surface area contributed by atoms with Gasteiger partial charge in [-0.15, -0.1) is 0 Å². The van der Waals surface area contributed by atoms with Crippen LogP contribution in [0.3, 0.4) is 0 Å². The van der Waals surface area contributed by atoms with Gasteiger partial charge >= 0.3 is 0 Å². The minimum atomic E-state index is -0.0811. The molecule has 1 amide bonds. The Kier molecular flexibility index (Phi) is 9.38. The smallest absolute Gasteiger partial charge is 0.227 e. The number of nitrogens with one attached hydrogen (secondary N) is 3.